The van der Waals surface area contributed by atoms with Gasteiger partial charge >= 0.3 is 18.5 Å². The van der Waals surface area contributed by atoms with Gasteiger partial charge < -0.3 is 5.11 Å². The molecule has 17 heavy (non-hydrogen) atoms. The predicted molar refractivity (Wildman–Crippen MR) is 64.9 cm³/mol. The standard InChI is InChI=1S/C6H6Cl2N2O5S2/c7-16(12,13)9-4-2-1-3-5(11)6(4)10-17(8,14)15/h1-3,9-11H. The molecule has 0 aromatic heterocycles. The highest BCUT2D eigenvalue weighted by Crippen LogP contribution is 2.33. The van der Waals surface area contributed by atoms with Crippen molar-refractivity contribution < 1.29 is 21.9 Å². The van der Waals surface area contributed by atoms with Crippen molar-refractivity contribution in [2.24, 2.45) is 0 Å². The fraction of sp³-hybridized carbons (Fsp3) is 0. The Morgan fingerprint density at radius 1 is 1.00 bits per heavy atom. The van der Waals surface area contributed by atoms with E-state index in [0.29, 0.717) is 0 Å². The highest BCUT2D eigenvalue weighted by molar-refractivity contribution is 8.15. The molecule has 0 unspecified atom stereocenters. The van der Waals surface area contributed by atoms with Gasteiger partial charge in [-0.2, -0.15) is 16.8 Å². The molecule has 11 heteroatoms. The van der Waals surface area contributed by atoms with Crippen LogP contribution >= 0.6 is 21.4 Å². The number of phenols is 1. The Labute approximate surface area is 106 Å². The lowest BCUT2D eigenvalue weighted by Crippen LogP contribution is -2.10. The first kappa shape index (κ1) is 14.2. The molecule has 0 spiro atoms. The van der Waals surface area contributed by atoms with Gasteiger partial charge in [-0.05, 0) is 12.1 Å². The number of phenolic OH excluding ortho intramolecular Hbond substituents is 1. The monoisotopic (exact) mass is 320 g/mol. The molecule has 0 aliphatic carbocycles. The van der Waals surface area contributed by atoms with Gasteiger partial charge in [-0.3, -0.25) is 9.44 Å². The number of hydrogen-bond donors (Lipinski definition) is 3. The van der Waals surface area contributed by atoms with E-state index in [-0.39, 0.29) is 5.69 Å². The fourth-order valence-electron chi connectivity index (χ4n) is 0.986. The van der Waals surface area contributed by atoms with Crippen LogP contribution in [0.4, 0.5) is 11.4 Å². The van der Waals surface area contributed by atoms with E-state index >= 15 is 0 Å². The number of rotatable bonds is 4. The van der Waals surface area contributed by atoms with Crippen LogP contribution in [-0.2, 0) is 18.5 Å². The Morgan fingerprint density at radius 2 is 1.53 bits per heavy atom. The summed E-state index contributed by atoms with van der Waals surface area (Å²) in [5.74, 6) is -0.514. The summed E-state index contributed by atoms with van der Waals surface area (Å²) in [5.41, 5.74) is -0.684. The molecule has 96 valence electrons. The van der Waals surface area contributed by atoms with Crippen LogP contribution < -0.4 is 9.44 Å². The lowest BCUT2D eigenvalue weighted by atomic mass is 10.2. The van der Waals surface area contributed by atoms with Gasteiger partial charge in [-0.1, -0.05) is 6.07 Å². The summed E-state index contributed by atoms with van der Waals surface area (Å²) in [4.78, 5) is 0. The zero-order valence-electron chi connectivity index (χ0n) is 7.88. The molecule has 0 aliphatic heterocycles. The minimum atomic E-state index is -4.19. The molecule has 0 bridgehead atoms. The predicted octanol–water partition coefficient (Wildman–Crippen LogP) is 1.18. The van der Waals surface area contributed by atoms with Crippen molar-refractivity contribution in [3.8, 4) is 5.75 Å². The van der Waals surface area contributed by atoms with E-state index < -0.39 is 29.9 Å². The molecule has 0 heterocycles. The van der Waals surface area contributed by atoms with E-state index in [1.54, 1.807) is 9.44 Å². The molecule has 0 saturated heterocycles. The summed E-state index contributed by atoms with van der Waals surface area (Å²) in [6.07, 6.45) is 0. The first-order valence-corrected chi connectivity index (χ1v) is 8.47. The molecular weight excluding hydrogens is 315 g/mol. The maximum Gasteiger partial charge on any atom is 0.319 e. The van der Waals surface area contributed by atoms with Crippen LogP contribution in [0.3, 0.4) is 0 Å². The summed E-state index contributed by atoms with van der Waals surface area (Å²) >= 11 is 0. The van der Waals surface area contributed by atoms with Crippen LogP contribution in [0, 0.1) is 0 Å². The second kappa shape index (κ2) is 4.77. The molecule has 0 aliphatic rings. The van der Waals surface area contributed by atoms with E-state index in [1.807, 2.05) is 0 Å². The number of benzene rings is 1. The Kier molecular flexibility index (Phi) is 3.97. The lowest BCUT2D eigenvalue weighted by molar-refractivity contribution is 0.478. The topological polar surface area (TPSA) is 113 Å². The molecule has 0 radical (unpaired) electrons. The number of hydrogen-bond acceptors (Lipinski definition) is 5. The van der Waals surface area contributed by atoms with Crippen molar-refractivity contribution in [3.63, 3.8) is 0 Å². The van der Waals surface area contributed by atoms with E-state index in [4.69, 9.17) is 21.4 Å². The van der Waals surface area contributed by atoms with Crippen molar-refractivity contribution in [3.05, 3.63) is 18.2 Å². The molecular formula is C6H6Cl2N2O5S2. The third-order valence-corrected chi connectivity index (χ3v) is 2.87. The molecule has 3 N–H and O–H groups in total. The van der Waals surface area contributed by atoms with Gasteiger partial charge in [0.1, 0.15) is 11.4 Å². The second-order valence-electron chi connectivity index (χ2n) is 2.78. The van der Waals surface area contributed by atoms with Crippen molar-refractivity contribution in [2.75, 3.05) is 9.44 Å². The number of halogens is 2. The van der Waals surface area contributed by atoms with Gasteiger partial charge in [0.15, 0.2) is 0 Å². The van der Waals surface area contributed by atoms with Crippen molar-refractivity contribution in [2.45, 2.75) is 0 Å². The number of aromatic hydroxyl groups is 1. The SMILES string of the molecule is O=S(=O)(Cl)Nc1cccc(O)c1NS(=O)(=O)Cl. The van der Waals surface area contributed by atoms with Crippen LogP contribution in [0.15, 0.2) is 18.2 Å². The third kappa shape index (κ3) is 4.86. The van der Waals surface area contributed by atoms with Crippen molar-refractivity contribution in [1.82, 2.24) is 0 Å². The maximum absolute atomic E-state index is 10.8. The van der Waals surface area contributed by atoms with Gasteiger partial charge in [0.25, 0.3) is 0 Å². The first-order chi connectivity index (χ1) is 7.58. The quantitative estimate of drug-likeness (QED) is 0.569. The van der Waals surface area contributed by atoms with Crippen LogP contribution in [-0.4, -0.2) is 21.9 Å². The van der Waals surface area contributed by atoms with E-state index in [9.17, 15) is 21.9 Å². The molecule has 1 aromatic rings. The zero-order valence-corrected chi connectivity index (χ0v) is 11.0. The Hall–Kier alpha value is -0.900. The van der Waals surface area contributed by atoms with E-state index in [1.165, 1.54) is 12.1 Å². The molecule has 7 nitrogen and oxygen atoms in total. The summed E-state index contributed by atoms with van der Waals surface area (Å²) in [6.45, 7) is 0. The smallest absolute Gasteiger partial charge is 0.319 e. The average Bonchev–Trinajstić information content (AvgIpc) is 2.07. The van der Waals surface area contributed by atoms with Crippen LogP contribution in [0.2, 0.25) is 0 Å². The second-order valence-corrected chi connectivity index (χ2v) is 7.38. The summed E-state index contributed by atoms with van der Waals surface area (Å²) in [6, 6.07) is 3.60. The molecule has 1 aromatic carbocycles. The minimum absolute atomic E-state index is 0.260. The van der Waals surface area contributed by atoms with Crippen LogP contribution in [0.5, 0.6) is 5.75 Å². The number of anilines is 2. The van der Waals surface area contributed by atoms with Crippen LogP contribution in [0.25, 0.3) is 0 Å². The molecule has 1 rings (SSSR count). The highest BCUT2D eigenvalue weighted by atomic mass is 35.7. The van der Waals surface area contributed by atoms with Gasteiger partial charge in [-0.25, -0.2) is 0 Å². The summed E-state index contributed by atoms with van der Waals surface area (Å²) in [5, 5.41) is 9.39. The summed E-state index contributed by atoms with van der Waals surface area (Å²) < 4.78 is 46.7. The highest BCUT2D eigenvalue weighted by Gasteiger charge is 2.16. The minimum Gasteiger partial charge on any atom is -0.506 e. The molecule has 0 atom stereocenters. The number of nitrogens with one attached hydrogen (secondary N) is 2. The van der Waals surface area contributed by atoms with E-state index in [2.05, 4.69) is 0 Å². The van der Waals surface area contributed by atoms with Crippen LogP contribution in [0.1, 0.15) is 0 Å². The average molecular weight is 321 g/mol. The van der Waals surface area contributed by atoms with Crippen molar-refractivity contribution in [1.29, 1.82) is 0 Å². The Morgan fingerprint density at radius 3 is 2.00 bits per heavy atom. The zero-order chi connectivity index (χ0) is 13.3. The number of para-hydroxylation sites is 1. The van der Waals surface area contributed by atoms with Gasteiger partial charge in [-0.15, -0.1) is 0 Å². The Bertz CT molecular complexity index is 628. The molecule has 0 saturated carbocycles. The Balaban J connectivity index is 3.27. The molecule has 0 amide bonds. The van der Waals surface area contributed by atoms with E-state index in [0.717, 1.165) is 6.07 Å². The summed E-state index contributed by atoms with van der Waals surface area (Å²) in [7, 11) is 1.52. The first-order valence-electron chi connectivity index (χ1n) is 3.85. The maximum atomic E-state index is 10.8. The normalized spacial score (nSPS) is 12.1. The van der Waals surface area contributed by atoms with Gasteiger partial charge in [0.05, 0.1) is 5.69 Å². The van der Waals surface area contributed by atoms with Gasteiger partial charge in [0.2, 0.25) is 0 Å². The largest absolute Gasteiger partial charge is 0.506 e. The van der Waals surface area contributed by atoms with Gasteiger partial charge in [0, 0.05) is 21.4 Å². The third-order valence-electron chi connectivity index (χ3n) is 1.50. The van der Waals surface area contributed by atoms with Crippen molar-refractivity contribution >= 4 is 51.2 Å². The lowest BCUT2D eigenvalue weighted by Gasteiger charge is -2.11. The molecule has 0 fully saturated rings. The fourth-order valence-corrected chi connectivity index (χ4v) is 2.36.